The zero-order valence-electron chi connectivity index (χ0n) is 29.0. The Morgan fingerprint density at radius 1 is 0.423 bits per heavy atom. The van der Waals surface area contributed by atoms with E-state index < -0.39 is 36.3 Å². The van der Waals surface area contributed by atoms with Crippen molar-refractivity contribution in [1.82, 2.24) is 0 Å². The molecule has 6 aromatic carbocycles. The van der Waals surface area contributed by atoms with E-state index in [1.807, 2.05) is 146 Å². The van der Waals surface area contributed by atoms with Gasteiger partial charge < -0.3 is 28.8 Å². The molecule has 0 bridgehead atoms. The lowest BCUT2D eigenvalue weighted by atomic mass is 9.80. The topological polar surface area (TPSA) is 66.4 Å². The minimum absolute atomic E-state index is 0.0752. The summed E-state index contributed by atoms with van der Waals surface area (Å²) in [7, 11) is 0. The minimum Gasteiger partial charge on any atom is -0.368 e. The van der Waals surface area contributed by atoms with Crippen LogP contribution in [0, 0.1) is 0 Å². The fourth-order valence-corrected chi connectivity index (χ4v) is 6.87. The largest absolute Gasteiger partial charge is 0.368 e. The fraction of sp³-hybridized carbons (Fsp3) is 0.217. The molecule has 6 aromatic rings. The first kappa shape index (κ1) is 35.5. The molecule has 1 N–H and O–H groups in total. The zero-order chi connectivity index (χ0) is 35.4. The molecule has 5 unspecified atom stereocenters. The summed E-state index contributed by atoms with van der Waals surface area (Å²) >= 11 is 0. The molecule has 1 aliphatic rings. The van der Waals surface area contributed by atoms with E-state index in [2.05, 4.69) is 36.4 Å². The van der Waals surface area contributed by atoms with Crippen molar-refractivity contribution in [3.8, 4) is 0 Å². The Balaban J connectivity index is 1.25. The van der Waals surface area contributed by atoms with Gasteiger partial charge in [0.15, 0.2) is 6.29 Å². The third-order valence-corrected chi connectivity index (χ3v) is 9.47. The first-order chi connectivity index (χ1) is 25.7. The van der Waals surface area contributed by atoms with E-state index in [0.29, 0.717) is 13.2 Å². The smallest absolute Gasteiger partial charge is 0.184 e. The Morgan fingerprint density at radius 2 is 0.750 bits per heavy atom. The van der Waals surface area contributed by atoms with Crippen molar-refractivity contribution in [2.45, 2.75) is 56.1 Å². The van der Waals surface area contributed by atoms with Gasteiger partial charge in [0.1, 0.15) is 30.0 Å². The molecule has 1 saturated heterocycles. The zero-order valence-corrected chi connectivity index (χ0v) is 29.0. The second kappa shape index (κ2) is 17.5. The molecule has 6 heteroatoms. The molecule has 6 nitrogen and oxygen atoms in total. The third kappa shape index (κ3) is 8.41. The minimum atomic E-state index is -1.31. The van der Waals surface area contributed by atoms with Crippen molar-refractivity contribution >= 4 is 0 Å². The van der Waals surface area contributed by atoms with Gasteiger partial charge in [-0.2, -0.15) is 0 Å². The molecule has 52 heavy (non-hydrogen) atoms. The van der Waals surface area contributed by atoms with Crippen LogP contribution in [0.15, 0.2) is 182 Å². The maximum atomic E-state index is 11.7. The average Bonchev–Trinajstić information content (AvgIpc) is 3.22. The van der Waals surface area contributed by atoms with Gasteiger partial charge in [0.05, 0.1) is 26.4 Å². The fourth-order valence-electron chi connectivity index (χ4n) is 6.87. The summed E-state index contributed by atoms with van der Waals surface area (Å²) in [5.74, 6) is 0. The van der Waals surface area contributed by atoms with Gasteiger partial charge in [-0.1, -0.05) is 182 Å². The lowest BCUT2D eigenvalue weighted by molar-refractivity contribution is -0.319. The van der Waals surface area contributed by atoms with E-state index in [-0.39, 0.29) is 13.2 Å². The Kier molecular flexibility index (Phi) is 12.0. The monoisotopic (exact) mass is 692 g/mol. The molecule has 7 rings (SSSR count). The summed E-state index contributed by atoms with van der Waals surface area (Å²) in [6, 6.07) is 60.5. The quantitative estimate of drug-likeness (QED) is 0.109. The third-order valence-electron chi connectivity index (χ3n) is 9.47. The van der Waals surface area contributed by atoms with E-state index >= 15 is 0 Å². The number of hydrogen-bond donors (Lipinski definition) is 1. The van der Waals surface area contributed by atoms with Crippen molar-refractivity contribution in [2.75, 3.05) is 6.61 Å². The number of rotatable bonds is 15. The first-order valence-electron chi connectivity index (χ1n) is 17.8. The molecular weight excluding hydrogens is 649 g/mol. The van der Waals surface area contributed by atoms with Crippen LogP contribution in [0.25, 0.3) is 0 Å². The summed E-state index contributed by atoms with van der Waals surface area (Å²) in [5.41, 5.74) is 4.87. The molecular formula is C46H44O6. The van der Waals surface area contributed by atoms with E-state index in [9.17, 15) is 5.11 Å². The van der Waals surface area contributed by atoms with Gasteiger partial charge in [0.2, 0.25) is 0 Å². The van der Waals surface area contributed by atoms with Crippen LogP contribution in [0.5, 0.6) is 0 Å². The van der Waals surface area contributed by atoms with Crippen molar-refractivity contribution in [1.29, 1.82) is 0 Å². The van der Waals surface area contributed by atoms with Crippen LogP contribution in [-0.2, 0) is 49.1 Å². The highest BCUT2D eigenvalue weighted by molar-refractivity contribution is 5.47. The SMILES string of the molecule is OC1OC(COC(c2ccccc2)(c2ccccc2)c2ccccc2)C(OCc2ccccc2)C(OCc2ccccc2)C1OCc1ccccc1. The van der Waals surface area contributed by atoms with Gasteiger partial charge in [0, 0.05) is 0 Å². The van der Waals surface area contributed by atoms with Crippen LogP contribution in [0.3, 0.4) is 0 Å². The summed E-state index contributed by atoms with van der Waals surface area (Å²) < 4.78 is 33.6. The normalized spacial score (nSPS) is 20.4. The van der Waals surface area contributed by atoms with Crippen LogP contribution in [0.1, 0.15) is 33.4 Å². The molecule has 0 spiro atoms. The van der Waals surface area contributed by atoms with Crippen LogP contribution in [-0.4, -0.2) is 42.4 Å². The number of aliphatic hydroxyl groups is 1. The van der Waals surface area contributed by atoms with Crippen LogP contribution in [0.2, 0.25) is 0 Å². The highest BCUT2D eigenvalue weighted by atomic mass is 16.7. The maximum absolute atomic E-state index is 11.7. The number of ether oxygens (including phenoxy) is 5. The van der Waals surface area contributed by atoms with Crippen LogP contribution >= 0.6 is 0 Å². The van der Waals surface area contributed by atoms with E-state index in [0.717, 1.165) is 33.4 Å². The molecule has 0 saturated carbocycles. The first-order valence-corrected chi connectivity index (χ1v) is 17.8. The Bertz CT molecular complexity index is 1800. The Labute approximate surface area is 306 Å². The molecule has 0 amide bonds. The second-order valence-corrected chi connectivity index (χ2v) is 12.9. The molecule has 1 aliphatic heterocycles. The molecule has 264 valence electrons. The van der Waals surface area contributed by atoms with Crippen molar-refractivity contribution < 1.29 is 28.8 Å². The Hall–Kier alpha value is -4.92. The molecule has 1 fully saturated rings. The van der Waals surface area contributed by atoms with Crippen LogP contribution < -0.4 is 0 Å². The molecule has 0 aromatic heterocycles. The van der Waals surface area contributed by atoms with Gasteiger partial charge in [-0.25, -0.2) is 0 Å². The Morgan fingerprint density at radius 3 is 1.13 bits per heavy atom. The lowest BCUT2D eigenvalue weighted by Crippen LogP contribution is -2.61. The van der Waals surface area contributed by atoms with Crippen molar-refractivity contribution in [3.05, 3.63) is 215 Å². The lowest BCUT2D eigenvalue weighted by Gasteiger charge is -2.45. The summed E-state index contributed by atoms with van der Waals surface area (Å²) in [5, 5.41) is 11.7. The van der Waals surface area contributed by atoms with Crippen molar-refractivity contribution in [2.24, 2.45) is 0 Å². The molecule has 0 aliphatic carbocycles. The molecule has 5 atom stereocenters. The standard InChI is InChI=1S/C46H44O6/c47-45-44(50-33-37-23-11-3-12-24-37)43(49-32-36-21-9-2-10-22-36)42(48-31-35-19-7-1-8-20-35)41(52-45)34-51-46(38-25-13-4-14-26-38,39-27-15-5-16-28-39)40-29-17-6-18-30-40/h1-30,41-45,47H,31-34H2. The second-order valence-electron chi connectivity index (χ2n) is 12.9. The van der Waals surface area contributed by atoms with E-state index in [4.69, 9.17) is 23.7 Å². The molecule has 1 heterocycles. The number of benzene rings is 6. The number of hydrogen-bond acceptors (Lipinski definition) is 6. The van der Waals surface area contributed by atoms with Crippen LogP contribution in [0.4, 0.5) is 0 Å². The average molecular weight is 693 g/mol. The van der Waals surface area contributed by atoms with Gasteiger partial charge in [0.25, 0.3) is 0 Å². The van der Waals surface area contributed by atoms with Gasteiger partial charge in [-0.05, 0) is 33.4 Å². The van der Waals surface area contributed by atoms with E-state index in [1.54, 1.807) is 0 Å². The maximum Gasteiger partial charge on any atom is 0.184 e. The predicted octanol–water partition coefficient (Wildman–Crippen LogP) is 8.47. The highest BCUT2D eigenvalue weighted by Gasteiger charge is 2.49. The molecule has 0 radical (unpaired) electrons. The van der Waals surface area contributed by atoms with Gasteiger partial charge in [-0.3, -0.25) is 0 Å². The van der Waals surface area contributed by atoms with Crippen molar-refractivity contribution in [3.63, 3.8) is 0 Å². The predicted molar refractivity (Wildman–Crippen MR) is 201 cm³/mol. The van der Waals surface area contributed by atoms with E-state index in [1.165, 1.54) is 0 Å². The highest BCUT2D eigenvalue weighted by Crippen LogP contribution is 2.41. The summed E-state index contributed by atoms with van der Waals surface area (Å²) in [6.45, 7) is 0.943. The number of aliphatic hydroxyl groups excluding tert-OH is 1. The van der Waals surface area contributed by atoms with Gasteiger partial charge >= 0.3 is 0 Å². The summed E-state index contributed by atoms with van der Waals surface area (Å²) in [4.78, 5) is 0. The van der Waals surface area contributed by atoms with Gasteiger partial charge in [-0.15, -0.1) is 0 Å². The summed E-state index contributed by atoms with van der Waals surface area (Å²) in [6.07, 6.45) is -4.26.